The molecule has 0 spiro atoms. The first-order valence-electron chi connectivity index (χ1n) is 8.08. The number of hydrogen-bond donors (Lipinski definition) is 1. The number of halogens is 3. The molecule has 0 amide bonds. The van der Waals surface area contributed by atoms with Gasteiger partial charge in [0.25, 0.3) is 0 Å². The number of thiophene rings is 1. The standard InChI is InChI=1S/C18H16F3N3O2S2/c1-11-3-6-13(27-11)10-22-16-9-15(18(19,20)21)23-17(24-16)12-4-7-14(8-5-12)28(2,25)26/h3-9H,10H2,1-2H3,(H,22,23,24). The van der Waals surface area contributed by atoms with E-state index in [9.17, 15) is 21.6 Å². The Morgan fingerprint density at radius 1 is 1.07 bits per heavy atom. The number of benzene rings is 1. The molecule has 0 fully saturated rings. The topological polar surface area (TPSA) is 72.0 Å². The third kappa shape index (κ3) is 4.87. The van der Waals surface area contributed by atoms with Crippen molar-refractivity contribution in [2.45, 2.75) is 24.5 Å². The van der Waals surface area contributed by atoms with Crippen LogP contribution in [-0.2, 0) is 22.6 Å². The van der Waals surface area contributed by atoms with E-state index < -0.39 is 21.7 Å². The molecule has 0 aliphatic carbocycles. The summed E-state index contributed by atoms with van der Waals surface area (Å²) in [5, 5.41) is 2.90. The van der Waals surface area contributed by atoms with E-state index in [1.807, 2.05) is 19.1 Å². The number of aromatic nitrogens is 2. The van der Waals surface area contributed by atoms with Crippen LogP contribution < -0.4 is 5.32 Å². The van der Waals surface area contributed by atoms with Crippen molar-refractivity contribution in [3.63, 3.8) is 0 Å². The molecule has 10 heteroatoms. The number of nitrogens with zero attached hydrogens (tertiary/aromatic N) is 2. The molecule has 0 radical (unpaired) electrons. The predicted octanol–water partition coefficient (Wildman–Crippen LogP) is 4.55. The first-order valence-corrected chi connectivity index (χ1v) is 10.8. The molecule has 3 aromatic rings. The van der Waals surface area contributed by atoms with Gasteiger partial charge in [0.05, 0.1) is 11.4 Å². The summed E-state index contributed by atoms with van der Waals surface area (Å²) < 4.78 is 62.9. The molecule has 148 valence electrons. The van der Waals surface area contributed by atoms with Gasteiger partial charge in [0.15, 0.2) is 21.4 Å². The molecule has 2 heterocycles. The molecule has 3 rings (SSSR count). The summed E-state index contributed by atoms with van der Waals surface area (Å²) in [4.78, 5) is 9.89. The van der Waals surface area contributed by atoms with Crippen LogP contribution in [0.5, 0.6) is 0 Å². The summed E-state index contributed by atoms with van der Waals surface area (Å²) in [6.45, 7) is 2.28. The highest BCUT2D eigenvalue weighted by molar-refractivity contribution is 7.90. The lowest BCUT2D eigenvalue weighted by atomic mass is 10.2. The zero-order chi connectivity index (χ0) is 20.5. The van der Waals surface area contributed by atoms with Crippen LogP contribution in [0.4, 0.5) is 19.0 Å². The largest absolute Gasteiger partial charge is 0.433 e. The zero-order valence-corrected chi connectivity index (χ0v) is 16.5. The molecule has 5 nitrogen and oxygen atoms in total. The first kappa shape index (κ1) is 20.3. The molecule has 0 saturated carbocycles. The minimum Gasteiger partial charge on any atom is -0.365 e. The fourth-order valence-corrected chi connectivity index (χ4v) is 3.88. The Morgan fingerprint density at radius 2 is 1.75 bits per heavy atom. The van der Waals surface area contributed by atoms with Crippen LogP contribution in [-0.4, -0.2) is 24.6 Å². The maximum Gasteiger partial charge on any atom is 0.433 e. The first-order chi connectivity index (χ1) is 13.0. The van der Waals surface area contributed by atoms with E-state index in [2.05, 4.69) is 15.3 Å². The summed E-state index contributed by atoms with van der Waals surface area (Å²) >= 11 is 1.54. The lowest BCUT2D eigenvalue weighted by Gasteiger charge is -2.12. The van der Waals surface area contributed by atoms with Gasteiger partial charge in [0, 0.05) is 27.6 Å². The second kappa shape index (κ2) is 7.51. The maximum absolute atomic E-state index is 13.3. The fraction of sp³-hybridized carbons (Fsp3) is 0.222. The average molecular weight is 427 g/mol. The smallest absolute Gasteiger partial charge is 0.365 e. The maximum atomic E-state index is 13.3. The molecule has 0 bridgehead atoms. The van der Waals surface area contributed by atoms with Crippen molar-refractivity contribution in [3.8, 4) is 11.4 Å². The molecule has 0 unspecified atom stereocenters. The Labute approximate surface area is 164 Å². The molecule has 1 N–H and O–H groups in total. The highest BCUT2D eigenvalue weighted by atomic mass is 32.2. The number of alkyl halides is 3. The Balaban J connectivity index is 1.95. The van der Waals surface area contributed by atoms with Crippen LogP contribution in [0.3, 0.4) is 0 Å². The quantitative estimate of drug-likeness (QED) is 0.647. The van der Waals surface area contributed by atoms with Crippen molar-refractivity contribution in [3.05, 3.63) is 57.9 Å². The van der Waals surface area contributed by atoms with Crippen LogP contribution in [0.2, 0.25) is 0 Å². The third-order valence-electron chi connectivity index (χ3n) is 3.80. The lowest BCUT2D eigenvalue weighted by Crippen LogP contribution is -2.12. The Morgan fingerprint density at radius 3 is 2.29 bits per heavy atom. The van der Waals surface area contributed by atoms with Crippen molar-refractivity contribution >= 4 is 27.0 Å². The molecule has 2 aromatic heterocycles. The van der Waals surface area contributed by atoms with Crippen LogP contribution in [0, 0.1) is 6.92 Å². The summed E-state index contributed by atoms with van der Waals surface area (Å²) in [6.07, 6.45) is -3.59. The molecule has 0 aliphatic rings. The summed E-state index contributed by atoms with van der Waals surface area (Å²) in [5.41, 5.74) is -0.789. The zero-order valence-electron chi connectivity index (χ0n) is 14.9. The number of sulfone groups is 1. The Hall–Kier alpha value is -2.46. The Kier molecular flexibility index (Phi) is 5.44. The van der Waals surface area contributed by atoms with Gasteiger partial charge < -0.3 is 5.32 Å². The monoisotopic (exact) mass is 427 g/mol. The summed E-state index contributed by atoms with van der Waals surface area (Å²) in [6, 6.07) is 10.1. The van der Waals surface area contributed by atoms with E-state index in [1.54, 1.807) is 0 Å². The van der Waals surface area contributed by atoms with Gasteiger partial charge in [-0.25, -0.2) is 18.4 Å². The minimum atomic E-state index is -4.64. The predicted molar refractivity (Wildman–Crippen MR) is 102 cm³/mol. The Bertz CT molecular complexity index is 1090. The molecule has 1 aromatic carbocycles. The summed E-state index contributed by atoms with van der Waals surface area (Å²) in [7, 11) is -3.41. The second-order valence-corrected chi connectivity index (χ2v) is 9.51. The van der Waals surface area contributed by atoms with Gasteiger partial charge in [-0.15, -0.1) is 11.3 Å². The number of rotatable bonds is 5. The van der Waals surface area contributed by atoms with Crippen LogP contribution >= 0.6 is 11.3 Å². The van der Waals surface area contributed by atoms with E-state index in [0.717, 1.165) is 22.1 Å². The van der Waals surface area contributed by atoms with E-state index in [-0.39, 0.29) is 22.1 Å². The average Bonchev–Trinajstić information content (AvgIpc) is 3.04. The van der Waals surface area contributed by atoms with E-state index >= 15 is 0 Å². The van der Waals surface area contributed by atoms with Gasteiger partial charge in [0.2, 0.25) is 0 Å². The van der Waals surface area contributed by atoms with Gasteiger partial charge in [-0.3, -0.25) is 0 Å². The van der Waals surface area contributed by atoms with Crippen LogP contribution in [0.15, 0.2) is 47.4 Å². The van der Waals surface area contributed by atoms with Gasteiger partial charge in [0.1, 0.15) is 5.82 Å². The van der Waals surface area contributed by atoms with E-state index in [1.165, 1.54) is 35.6 Å². The normalized spacial score (nSPS) is 12.2. The van der Waals surface area contributed by atoms with E-state index in [4.69, 9.17) is 0 Å². The molecular weight excluding hydrogens is 411 g/mol. The third-order valence-corrected chi connectivity index (χ3v) is 5.93. The molecule has 0 saturated heterocycles. The molecule has 28 heavy (non-hydrogen) atoms. The van der Waals surface area contributed by atoms with Gasteiger partial charge in [-0.2, -0.15) is 13.2 Å². The lowest BCUT2D eigenvalue weighted by molar-refractivity contribution is -0.141. The highest BCUT2D eigenvalue weighted by Crippen LogP contribution is 2.31. The number of nitrogens with one attached hydrogen (secondary N) is 1. The number of aryl methyl sites for hydroxylation is 1. The minimum absolute atomic E-state index is 0.0376. The van der Waals surface area contributed by atoms with Crippen molar-refractivity contribution in [1.29, 1.82) is 0 Å². The van der Waals surface area contributed by atoms with Crippen molar-refractivity contribution in [1.82, 2.24) is 9.97 Å². The second-order valence-electron chi connectivity index (χ2n) is 6.12. The van der Waals surface area contributed by atoms with Crippen LogP contribution in [0.25, 0.3) is 11.4 Å². The molecular formula is C18H16F3N3O2S2. The van der Waals surface area contributed by atoms with Crippen molar-refractivity contribution < 1.29 is 21.6 Å². The number of hydrogen-bond acceptors (Lipinski definition) is 6. The van der Waals surface area contributed by atoms with E-state index in [0.29, 0.717) is 6.54 Å². The molecule has 0 atom stereocenters. The summed E-state index contributed by atoms with van der Waals surface area (Å²) in [5.74, 6) is -0.102. The van der Waals surface area contributed by atoms with Gasteiger partial charge >= 0.3 is 6.18 Å². The van der Waals surface area contributed by atoms with Gasteiger partial charge in [-0.1, -0.05) is 0 Å². The highest BCUT2D eigenvalue weighted by Gasteiger charge is 2.33. The van der Waals surface area contributed by atoms with Gasteiger partial charge in [-0.05, 0) is 43.3 Å². The van der Waals surface area contributed by atoms with Crippen molar-refractivity contribution in [2.75, 3.05) is 11.6 Å². The SMILES string of the molecule is Cc1ccc(CNc2cc(C(F)(F)F)nc(-c3ccc(S(C)(=O)=O)cc3)n2)s1. The fourth-order valence-electron chi connectivity index (χ4n) is 2.42. The van der Waals surface area contributed by atoms with Crippen molar-refractivity contribution in [2.24, 2.45) is 0 Å². The molecule has 0 aliphatic heterocycles. The van der Waals surface area contributed by atoms with Crippen LogP contribution in [0.1, 0.15) is 15.4 Å². The number of anilines is 1.